The molecule has 5 nitrogen and oxygen atoms in total. The van der Waals surface area contributed by atoms with Crippen molar-refractivity contribution < 1.29 is 18.4 Å². The van der Waals surface area contributed by atoms with Crippen molar-refractivity contribution >= 4 is 19.2 Å². The van der Waals surface area contributed by atoms with Gasteiger partial charge in [-0.25, -0.2) is 0 Å². The third-order valence-electron chi connectivity index (χ3n) is 3.53. The number of carbonyl (C=O) groups excluding carboxylic acids is 1. The van der Waals surface area contributed by atoms with Crippen LogP contribution in [0, 0.1) is 0 Å². The van der Waals surface area contributed by atoms with E-state index in [9.17, 15) is 9.36 Å². The first-order valence-corrected chi connectivity index (χ1v) is 10.1. The maximum Gasteiger partial charge on any atom is 0.340 e. The Morgan fingerprint density at radius 2 is 1.44 bits per heavy atom. The maximum atomic E-state index is 12.9. The zero-order chi connectivity index (χ0) is 18.1. The molecule has 0 saturated carbocycles. The highest BCUT2D eigenvalue weighted by Crippen LogP contribution is 2.48. The molecule has 6 heteroatoms. The molecule has 2 aromatic carbocycles. The van der Waals surface area contributed by atoms with E-state index in [1.54, 1.807) is 18.7 Å². The largest absolute Gasteiger partial charge is 0.340 e. The summed E-state index contributed by atoms with van der Waals surface area (Å²) >= 11 is 0. The smallest absolute Gasteiger partial charge is 0.309 e. The van der Waals surface area contributed by atoms with Gasteiger partial charge in [-0.3, -0.25) is 9.36 Å². The second kappa shape index (κ2) is 9.52. The average molecular weight is 361 g/mol. The zero-order valence-electron chi connectivity index (χ0n) is 14.6. The number of amides is 1. The van der Waals surface area contributed by atoms with E-state index >= 15 is 0 Å². The molecule has 0 aliphatic heterocycles. The minimum absolute atomic E-state index is 0.231. The Morgan fingerprint density at radius 3 is 1.96 bits per heavy atom. The molecule has 1 amide bonds. The number of nitrogens with zero attached hydrogens (tertiary/aromatic N) is 1. The lowest BCUT2D eigenvalue weighted by Gasteiger charge is -2.25. The predicted octanol–water partition coefficient (Wildman–Crippen LogP) is 4.49. The van der Waals surface area contributed by atoms with E-state index in [0.717, 1.165) is 11.3 Å². The van der Waals surface area contributed by atoms with E-state index in [1.165, 1.54) is 0 Å². The van der Waals surface area contributed by atoms with E-state index in [0.29, 0.717) is 6.54 Å². The van der Waals surface area contributed by atoms with Crippen LogP contribution in [-0.4, -0.2) is 25.3 Å². The highest BCUT2D eigenvalue weighted by atomic mass is 31.2. The first kappa shape index (κ1) is 19.4. The molecule has 0 aromatic heterocycles. The molecule has 2 aromatic rings. The summed E-state index contributed by atoms with van der Waals surface area (Å²) in [6.45, 7) is 4.31. The van der Waals surface area contributed by atoms with Gasteiger partial charge in [0.2, 0.25) is 5.91 Å². The minimum atomic E-state index is -3.45. The van der Waals surface area contributed by atoms with E-state index in [1.807, 2.05) is 60.7 Å². The minimum Gasteiger partial charge on any atom is -0.309 e. The third-order valence-corrected chi connectivity index (χ3v) is 5.49. The van der Waals surface area contributed by atoms with E-state index < -0.39 is 7.60 Å². The normalized spacial score (nSPS) is 11.3. The predicted molar refractivity (Wildman–Crippen MR) is 99.8 cm³/mol. The Bertz CT molecular complexity index is 696. The monoisotopic (exact) mass is 361 g/mol. The van der Waals surface area contributed by atoms with Gasteiger partial charge in [0.25, 0.3) is 0 Å². The molecular formula is C19H24NO4P. The van der Waals surface area contributed by atoms with Gasteiger partial charge in [-0.1, -0.05) is 48.5 Å². The standard InChI is InChI=1S/C19H24NO4P/c1-3-23-25(22,24-4-2)16-19(21)20(18-13-9-6-10-14-18)15-17-11-7-5-8-12-17/h5-14H,3-4,15-16H2,1-2H3. The molecule has 0 unspecified atom stereocenters. The van der Waals surface area contributed by atoms with Crippen molar-refractivity contribution in [1.82, 2.24) is 0 Å². The van der Waals surface area contributed by atoms with Gasteiger partial charge >= 0.3 is 7.60 Å². The summed E-state index contributed by atoms with van der Waals surface area (Å²) in [5, 5.41) is 0. The second-order valence-corrected chi connectivity index (χ2v) is 7.46. The molecule has 0 saturated heterocycles. The topological polar surface area (TPSA) is 55.8 Å². The summed E-state index contributed by atoms with van der Waals surface area (Å²) in [6.07, 6.45) is -0.281. The van der Waals surface area contributed by atoms with Crippen molar-refractivity contribution in [3.63, 3.8) is 0 Å². The Morgan fingerprint density at radius 1 is 0.920 bits per heavy atom. The van der Waals surface area contributed by atoms with Crippen LogP contribution in [0.15, 0.2) is 60.7 Å². The second-order valence-electron chi connectivity index (χ2n) is 5.41. The van der Waals surface area contributed by atoms with Crippen LogP contribution in [0.4, 0.5) is 5.69 Å². The first-order chi connectivity index (χ1) is 12.1. The number of benzene rings is 2. The van der Waals surface area contributed by atoms with Crippen LogP contribution >= 0.6 is 7.60 Å². The fraction of sp³-hybridized carbons (Fsp3) is 0.316. The van der Waals surface area contributed by atoms with Crippen LogP contribution in [0.25, 0.3) is 0 Å². The van der Waals surface area contributed by atoms with Gasteiger partial charge in [-0.2, -0.15) is 0 Å². The van der Waals surface area contributed by atoms with Gasteiger partial charge in [0.1, 0.15) is 6.16 Å². The summed E-state index contributed by atoms with van der Waals surface area (Å²) in [7, 11) is -3.45. The van der Waals surface area contributed by atoms with Gasteiger partial charge < -0.3 is 13.9 Å². The van der Waals surface area contributed by atoms with Crippen molar-refractivity contribution in [3.8, 4) is 0 Å². The first-order valence-electron chi connectivity index (χ1n) is 8.35. The number of para-hydroxylation sites is 1. The Hall–Kier alpha value is -1.94. The highest BCUT2D eigenvalue weighted by Gasteiger charge is 2.30. The molecular weight excluding hydrogens is 337 g/mol. The van der Waals surface area contributed by atoms with Crippen molar-refractivity contribution in [2.24, 2.45) is 0 Å². The fourth-order valence-corrected chi connectivity index (χ4v) is 4.02. The van der Waals surface area contributed by atoms with Crippen molar-refractivity contribution in [2.75, 3.05) is 24.3 Å². The summed E-state index contributed by atoms with van der Waals surface area (Å²) in [5.41, 5.74) is 1.73. The average Bonchev–Trinajstić information content (AvgIpc) is 2.61. The number of carbonyl (C=O) groups is 1. The molecule has 0 spiro atoms. The van der Waals surface area contributed by atoms with Gasteiger partial charge in [0.15, 0.2) is 0 Å². The van der Waals surface area contributed by atoms with Gasteiger partial charge in [0, 0.05) is 5.69 Å². The molecule has 0 atom stereocenters. The highest BCUT2D eigenvalue weighted by molar-refractivity contribution is 7.54. The Kier molecular flexibility index (Phi) is 7.38. The Labute approximate surface area is 149 Å². The van der Waals surface area contributed by atoms with E-state index in [-0.39, 0.29) is 25.3 Å². The molecule has 2 rings (SSSR count). The fourth-order valence-electron chi connectivity index (χ4n) is 2.47. The summed E-state index contributed by atoms with van der Waals surface area (Å²) < 4.78 is 23.2. The van der Waals surface area contributed by atoms with E-state index in [2.05, 4.69) is 0 Å². The van der Waals surface area contributed by atoms with Crippen LogP contribution < -0.4 is 4.90 Å². The zero-order valence-corrected chi connectivity index (χ0v) is 15.5. The van der Waals surface area contributed by atoms with Crippen LogP contribution in [0.2, 0.25) is 0 Å². The third kappa shape index (κ3) is 5.82. The lowest BCUT2D eigenvalue weighted by molar-refractivity contribution is -0.116. The van der Waals surface area contributed by atoms with Crippen LogP contribution in [0.1, 0.15) is 19.4 Å². The maximum absolute atomic E-state index is 12.9. The van der Waals surface area contributed by atoms with Crippen molar-refractivity contribution in [3.05, 3.63) is 66.2 Å². The van der Waals surface area contributed by atoms with Gasteiger partial charge in [-0.15, -0.1) is 0 Å². The molecule has 0 N–H and O–H groups in total. The molecule has 134 valence electrons. The summed E-state index contributed by atoms with van der Waals surface area (Å²) in [5.74, 6) is -0.291. The SMILES string of the molecule is CCOP(=O)(CC(=O)N(Cc1ccccc1)c1ccccc1)OCC. The summed E-state index contributed by atoms with van der Waals surface area (Å²) in [6, 6.07) is 19.0. The van der Waals surface area contributed by atoms with Crippen LogP contribution in [-0.2, 0) is 25.0 Å². The number of hydrogen-bond acceptors (Lipinski definition) is 4. The molecule has 0 heterocycles. The number of anilines is 1. The van der Waals surface area contributed by atoms with Crippen LogP contribution in [0.3, 0.4) is 0 Å². The lowest BCUT2D eigenvalue weighted by atomic mass is 10.2. The van der Waals surface area contributed by atoms with E-state index in [4.69, 9.17) is 9.05 Å². The summed E-state index contributed by atoms with van der Waals surface area (Å²) in [4.78, 5) is 14.5. The lowest BCUT2D eigenvalue weighted by Crippen LogP contribution is -2.33. The van der Waals surface area contributed by atoms with Crippen molar-refractivity contribution in [1.29, 1.82) is 0 Å². The quantitative estimate of drug-likeness (QED) is 0.618. The molecule has 0 bridgehead atoms. The molecule has 0 fully saturated rings. The van der Waals surface area contributed by atoms with Crippen molar-refractivity contribution in [2.45, 2.75) is 20.4 Å². The molecule has 25 heavy (non-hydrogen) atoms. The molecule has 0 aliphatic carbocycles. The van der Waals surface area contributed by atoms with Gasteiger partial charge in [0.05, 0.1) is 19.8 Å². The molecule has 0 aliphatic rings. The number of rotatable bonds is 9. The Balaban J connectivity index is 2.25. The van der Waals surface area contributed by atoms with Gasteiger partial charge in [-0.05, 0) is 31.5 Å². The molecule has 0 radical (unpaired) electrons. The number of hydrogen-bond donors (Lipinski definition) is 0. The van der Waals surface area contributed by atoms with Crippen LogP contribution in [0.5, 0.6) is 0 Å².